The molecule has 1 aromatic rings. The Morgan fingerprint density at radius 2 is 1.87 bits per heavy atom. The van der Waals surface area contributed by atoms with Crippen LogP contribution in [0.4, 0.5) is 13.2 Å². The Kier molecular flexibility index (Phi) is 6.62. The highest BCUT2D eigenvalue weighted by atomic mass is 19.4. The van der Waals surface area contributed by atoms with E-state index in [1.165, 1.54) is 12.1 Å². The fraction of sp³-hybridized carbons (Fsp3) is 0.588. The van der Waals surface area contributed by atoms with Gasteiger partial charge in [0.25, 0.3) is 0 Å². The zero-order valence-electron chi connectivity index (χ0n) is 13.7. The minimum Gasteiger partial charge on any atom is -0.481 e. The SMILES string of the molecule is CC(C)(C)C(NCCCCC(=O)O)c1cccc(C(F)(F)F)c1. The van der Waals surface area contributed by atoms with Gasteiger partial charge in [0, 0.05) is 12.5 Å². The average molecular weight is 331 g/mol. The fourth-order valence-corrected chi connectivity index (χ4v) is 2.47. The molecule has 6 heteroatoms. The monoisotopic (exact) mass is 331 g/mol. The van der Waals surface area contributed by atoms with E-state index in [2.05, 4.69) is 5.32 Å². The van der Waals surface area contributed by atoms with Gasteiger partial charge in [-0.2, -0.15) is 13.2 Å². The van der Waals surface area contributed by atoms with Gasteiger partial charge < -0.3 is 10.4 Å². The molecule has 0 aliphatic heterocycles. The number of unbranched alkanes of at least 4 members (excludes halogenated alkanes) is 1. The topological polar surface area (TPSA) is 49.3 Å². The first-order valence-corrected chi connectivity index (χ1v) is 7.64. The molecule has 0 saturated heterocycles. The molecule has 0 aromatic heterocycles. The molecule has 1 atom stereocenters. The summed E-state index contributed by atoms with van der Waals surface area (Å²) in [7, 11) is 0. The van der Waals surface area contributed by atoms with Gasteiger partial charge in [0.15, 0.2) is 0 Å². The van der Waals surface area contributed by atoms with Crippen molar-refractivity contribution >= 4 is 5.97 Å². The Labute approximate surface area is 134 Å². The van der Waals surface area contributed by atoms with Crippen LogP contribution >= 0.6 is 0 Å². The van der Waals surface area contributed by atoms with Crippen molar-refractivity contribution in [2.45, 2.75) is 52.3 Å². The second-order valence-corrected chi connectivity index (χ2v) is 6.73. The maximum Gasteiger partial charge on any atom is 0.416 e. The maximum atomic E-state index is 12.9. The number of alkyl halides is 3. The Morgan fingerprint density at radius 1 is 1.22 bits per heavy atom. The predicted molar refractivity (Wildman–Crippen MR) is 83.1 cm³/mol. The van der Waals surface area contributed by atoms with Crippen molar-refractivity contribution in [3.05, 3.63) is 35.4 Å². The van der Waals surface area contributed by atoms with E-state index in [1.807, 2.05) is 20.8 Å². The highest BCUT2D eigenvalue weighted by Gasteiger charge is 2.32. The molecule has 1 aromatic carbocycles. The standard InChI is InChI=1S/C17H24F3NO2/c1-16(2,3)15(21-10-5-4-9-14(22)23)12-7-6-8-13(11-12)17(18,19)20/h6-8,11,15,21H,4-5,9-10H2,1-3H3,(H,22,23). The third-order valence-corrected chi connectivity index (χ3v) is 3.58. The van der Waals surface area contributed by atoms with Crippen LogP contribution in [0, 0.1) is 5.41 Å². The summed E-state index contributed by atoms with van der Waals surface area (Å²) >= 11 is 0. The van der Waals surface area contributed by atoms with Crippen LogP contribution in [-0.2, 0) is 11.0 Å². The van der Waals surface area contributed by atoms with E-state index in [-0.39, 0.29) is 17.9 Å². The van der Waals surface area contributed by atoms with Crippen LogP contribution in [0.2, 0.25) is 0 Å². The normalized spacial score (nSPS) is 13.8. The summed E-state index contributed by atoms with van der Waals surface area (Å²) in [5.41, 5.74) is -0.334. The molecule has 0 amide bonds. The van der Waals surface area contributed by atoms with Crippen molar-refractivity contribution in [1.29, 1.82) is 0 Å². The van der Waals surface area contributed by atoms with E-state index in [0.29, 0.717) is 24.9 Å². The largest absolute Gasteiger partial charge is 0.481 e. The molecule has 0 aliphatic carbocycles. The van der Waals surface area contributed by atoms with Crippen LogP contribution in [-0.4, -0.2) is 17.6 Å². The summed E-state index contributed by atoms with van der Waals surface area (Å²) in [5.74, 6) is -0.838. The number of hydrogen-bond donors (Lipinski definition) is 2. The molecular formula is C17H24F3NO2. The lowest BCUT2D eigenvalue weighted by atomic mass is 9.82. The van der Waals surface area contributed by atoms with Crippen molar-refractivity contribution in [1.82, 2.24) is 5.32 Å². The van der Waals surface area contributed by atoms with E-state index in [9.17, 15) is 18.0 Å². The van der Waals surface area contributed by atoms with Crippen molar-refractivity contribution in [3.8, 4) is 0 Å². The summed E-state index contributed by atoms with van der Waals surface area (Å²) in [6.45, 7) is 6.44. The lowest BCUT2D eigenvalue weighted by molar-refractivity contribution is -0.138. The Hall–Kier alpha value is -1.56. The molecule has 23 heavy (non-hydrogen) atoms. The zero-order chi connectivity index (χ0) is 17.7. The van der Waals surface area contributed by atoms with Gasteiger partial charge in [-0.3, -0.25) is 4.79 Å². The van der Waals surface area contributed by atoms with Gasteiger partial charge in [-0.1, -0.05) is 32.9 Å². The first-order chi connectivity index (χ1) is 10.5. The lowest BCUT2D eigenvalue weighted by Crippen LogP contribution is -2.33. The predicted octanol–water partition coefficient (Wildman–Crippen LogP) is 4.64. The summed E-state index contributed by atoms with van der Waals surface area (Å²) < 4.78 is 38.6. The van der Waals surface area contributed by atoms with E-state index < -0.39 is 17.7 Å². The van der Waals surface area contributed by atoms with Crippen molar-refractivity contribution in [2.75, 3.05) is 6.54 Å². The van der Waals surface area contributed by atoms with Crippen LogP contribution in [0.1, 0.15) is 57.2 Å². The molecule has 1 unspecified atom stereocenters. The molecule has 3 nitrogen and oxygen atoms in total. The third-order valence-electron chi connectivity index (χ3n) is 3.58. The van der Waals surface area contributed by atoms with Gasteiger partial charge >= 0.3 is 12.1 Å². The van der Waals surface area contributed by atoms with E-state index in [4.69, 9.17) is 5.11 Å². The van der Waals surface area contributed by atoms with E-state index >= 15 is 0 Å². The summed E-state index contributed by atoms with van der Waals surface area (Å²) in [6.07, 6.45) is -3.05. The van der Waals surface area contributed by atoms with E-state index in [0.717, 1.165) is 6.07 Å². The molecule has 0 spiro atoms. The van der Waals surface area contributed by atoms with Crippen molar-refractivity contribution in [3.63, 3.8) is 0 Å². The summed E-state index contributed by atoms with van der Waals surface area (Å²) in [5, 5.41) is 11.9. The second kappa shape index (κ2) is 7.81. The Morgan fingerprint density at radius 3 is 2.39 bits per heavy atom. The highest BCUT2D eigenvalue weighted by molar-refractivity contribution is 5.66. The molecule has 1 rings (SSSR count). The van der Waals surface area contributed by atoms with Crippen LogP contribution in [0.5, 0.6) is 0 Å². The smallest absolute Gasteiger partial charge is 0.416 e. The highest BCUT2D eigenvalue weighted by Crippen LogP contribution is 2.36. The maximum absolute atomic E-state index is 12.9. The first-order valence-electron chi connectivity index (χ1n) is 7.64. The molecule has 0 radical (unpaired) electrons. The minimum atomic E-state index is -4.36. The number of rotatable bonds is 7. The van der Waals surface area contributed by atoms with Crippen molar-refractivity contribution in [2.24, 2.45) is 5.41 Å². The number of carboxylic acids is 1. The second-order valence-electron chi connectivity index (χ2n) is 6.73. The van der Waals surface area contributed by atoms with Gasteiger partial charge in [-0.05, 0) is 42.5 Å². The Bertz CT molecular complexity index is 521. The quantitative estimate of drug-likeness (QED) is 0.716. The number of carbonyl (C=O) groups is 1. The molecule has 2 N–H and O–H groups in total. The van der Waals surface area contributed by atoms with Gasteiger partial charge in [0.05, 0.1) is 5.56 Å². The summed E-state index contributed by atoms with van der Waals surface area (Å²) in [4.78, 5) is 10.5. The first kappa shape index (κ1) is 19.5. The van der Waals surface area contributed by atoms with Gasteiger partial charge in [0.1, 0.15) is 0 Å². The fourth-order valence-electron chi connectivity index (χ4n) is 2.47. The van der Waals surface area contributed by atoms with Crippen molar-refractivity contribution < 1.29 is 23.1 Å². The van der Waals surface area contributed by atoms with E-state index in [1.54, 1.807) is 6.07 Å². The number of aliphatic carboxylic acids is 1. The van der Waals surface area contributed by atoms with Crippen LogP contribution in [0.25, 0.3) is 0 Å². The number of hydrogen-bond acceptors (Lipinski definition) is 2. The Balaban J connectivity index is 2.81. The number of halogens is 3. The molecule has 0 aliphatic rings. The van der Waals surface area contributed by atoms with Gasteiger partial charge in [-0.25, -0.2) is 0 Å². The molecule has 130 valence electrons. The van der Waals surface area contributed by atoms with Gasteiger partial charge in [0.2, 0.25) is 0 Å². The van der Waals surface area contributed by atoms with Crippen LogP contribution in [0.15, 0.2) is 24.3 Å². The third kappa shape index (κ3) is 6.60. The minimum absolute atomic E-state index is 0.103. The van der Waals surface area contributed by atoms with Crippen LogP contribution < -0.4 is 5.32 Å². The number of carboxylic acid groups (broad SMARTS) is 1. The summed E-state index contributed by atoms with van der Waals surface area (Å²) in [6, 6.07) is 5.11. The molecule has 0 fully saturated rings. The molecule has 0 heterocycles. The zero-order valence-corrected chi connectivity index (χ0v) is 13.7. The molecular weight excluding hydrogens is 307 g/mol. The number of benzene rings is 1. The van der Waals surface area contributed by atoms with Crippen LogP contribution in [0.3, 0.4) is 0 Å². The molecule has 0 bridgehead atoms. The lowest BCUT2D eigenvalue weighted by Gasteiger charge is -2.32. The van der Waals surface area contributed by atoms with Gasteiger partial charge in [-0.15, -0.1) is 0 Å². The average Bonchev–Trinajstić information content (AvgIpc) is 2.40. The number of nitrogens with one attached hydrogen (secondary N) is 1. The molecule has 0 saturated carbocycles.